The maximum atomic E-state index is 11.4. The van der Waals surface area contributed by atoms with Gasteiger partial charge in [0.2, 0.25) is 0 Å². The van der Waals surface area contributed by atoms with Crippen molar-refractivity contribution < 1.29 is 18.7 Å². The predicted octanol–water partition coefficient (Wildman–Crippen LogP) is 1.28. The molecule has 20 heavy (non-hydrogen) atoms. The molecule has 1 fully saturated rings. The Morgan fingerprint density at radius 2 is 2.30 bits per heavy atom. The quantitative estimate of drug-likeness (QED) is 0.665. The zero-order valence-electron chi connectivity index (χ0n) is 11.6. The Bertz CT molecular complexity index is 473. The average Bonchev–Trinajstić information content (AvgIpc) is 2.38. The summed E-state index contributed by atoms with van der Waals surface area (Å²) in [5, 5.41) is 11.9. The molecule has 0 aromatic carbocycles. The van der Waals surface area contributed by atoms with Gasteiger partial charge in [-0.1, -0.05) is 24.8 Å². The summed E-state index contributed by atoms with van der Waals surface area (Å²) < 4.78 is 22.2. The van der Waals surface area contributed by atoms with Crippen LogP contribution in [-0.2, 0) is 16.1 Å². The normalized spacial score (nSPS) is 26.6. The highest BCUT2D eigenvalue weighted by Gasteiger charge is 2.30. The van der Waals surface area contributed by atoms with Crippen LogP contribution in [0.2, 0.25) is 0 Å². The van der Waals surface area contributed by atoms with E-state index in [-0.39, 0.29) is 12.6 Å². The number of hydrogen-bond donors (Lipinski definition) is 3. The fourth-order valence-electron chi connectivity index (χ4n) is 2.20. The van der Waals surface area contributed by atoms with Crippen molar-refractivity contribution in [1.29, 1.82) is 0 Å². The first-order chi connectivity index (χ1) is 9.40. The lowest BCUT2D eigenvalue weighted by Crippen LogP contribution is -2.50. The Labute approximate surface area is 121 Å². The molecule has 0 aliphatic carbocycles. The molecular weight excluding hydrogens is 280 g/mol. The van der Waals surface area contributed by atoms with Gasteiger partial charge in [0.05, 0.1) is 5.70 Å². The third-order valence-corrected chi connectivity index (χ3v) is 3.81. The minimum absolute atomic E-state index is 0.216. The third-order valence-electron chi connectivity index (χ3n) is 3.09. The van der Waals surface area contributed by atoms with Crippen molar-refractivity contribution in [3.8, 4) is 0 Å². The van der Waals surface area contributed by atoms with E-state index < -0.39 is 23.3 Å². The van der Waals surface area contributed by atoms with Crippen LogP contribution in [0.25, 0.3) is 0 Å². The van der Waals surface area contributed by atoms with E-state index in [0.29, 0.717) is 12.1 Å². The van der Waals surface area contributed by atoms with Crippen LogP contribution in [0.1, 0.15) is 20.3 Å². The second kappa shape index (κ2) is 7.37. The second-order valence-electron chi connectivity index (χ2n) is 4.52. The summed E-state index contributed by atoms with van der Waals surface area (Å²) in [5.41, 5.74) is 1.53. The van der Waals surface area contributed by atoms with Crippen molar-refractivity contribution in [3.63, 3.8) is 0 Å². The van der Waals surface area contributed by atoms with Crippen molar-refractivity contribution in [2.75, 3.05) is 6.54 Å². The van der Waals surface area contributed by atoms with Gasteiger partial charge < -0.3 is 5.11 Å². The van der Waals surface area contributed by atoms with Gasteiger partial charge in [0.15, 0.2) is 0 Å². The molecule has 0 amide bonds. The summed E-state index contributed by atoms with van der Waals surface area (Å²) in [5.74, 6) is -0.951. The number of allylic oxidation sites excluding steroid dienone is 4. The van der Waals surface area contributed by atoms with Crippen molar-refractivity contribution in [3.05, 3.63) is 36.1 Å². The zero-order valence-corrected chi connectivity index (χ0v) is 12.4. The van der Waals surface area contributed by atoms with Gasteiger partial charge in [0.25, 0.3) is 11.3 Å². The van der Waals surface area contributed by atoms with Crippen LogP contribution >= 0.6 is 0 Å². The molecule has 7 heteroatoms. The van der Waals surface area contributed by atoms with E-state index in [4.69, 9.17) is 5.11 Å². The molecule has 3 N–H and O–H groups in total. The summed E-state index contributed by atoms with van der Waals surface area (Å²) in [6, 6.07) is -0.932. The Morgan fingerprint density at radius 3 is 2.75 bits per heavy atom. The van der Waals surface area contributed by atoms with Gasteiger partial charge in [-0.25, -0.2) is 4.21 Å². The van der Waals surface area contributed by atoms with Crippen LogP contribution in [-0.4, -0.2) is 42.8 Å². The van der Waals surface area contributed by atoms with E-state index in [2.05, 4.69) is 11.9 Å². The monoisotopic (exact) mass is 300 g/mol. The predicted molar refractivity (Wildman–Crippen MR) is 78.2 cm³/mol. The molecule has 1 saturated heterocycles. The minimum Gasteiger partial charge on any atom is -0.480 e. The van der Waals surface area contributed by atoms with Gasteiger partial charge in [-0.05, 0) is 25.8 Å². The number of nitrogens with one attached hydrogen (secondary N) is 1. The van der Waals surface area contributed by atoms with Gasteiger partial charge in [0.1, 0.15) is 6.04 Å². The van der Waals surface area contributed by atoms with E-state index in [1.54, 1.807) is 32.1 Å². The van der Waals surface area contributed by atoms with Gasteiger partial charge >= 0.3 is 5.97 Å². The Hall–Kier alpha value is -1.44. The first-order valence-electron chi connectivity index (χ1n) is 6.26. The molecule has 0 radical (unpaired) electrons. The highest BCUT2D eigenvalue weighted by Crippen LogP contribution is 2.28. The molecule has 0 aromatic rings. The molecule has 1 aliphatic rings. The lowest BCUT2D eigenvalue weighted by atomic mass is 9.97. The SMILES string of the molecule is C=C/C=C1/C[C@@H](NC(C)C(=O)O)CN(S(=O)O)/C1=C/C. The minimum atomic E-state index is -2.15. The van der Waals surface area contributed by atoms with Gasteiger partial charge in [-0.15, -0.1) is 0 Å². The number of piperidine rings is 1. The molecule has 6 nitrogen and oxygen atoms in total. The smallest absolute Gasteiger partial charge is 0.320 e. The molecule has 0 bridgehead atoms. The van der Waals surface area contributed by atoms with E-state index >= 15 is 0 Å². The highest BCUT2D eigenvalue weighted by atomic mass is 32.2. The van der Waals surface area contributed by atoms with Crippen LogP contribution in [0.4, 0.5) is 0 Å². The van der Waals surface area contributed by atoms with Crippen LogP contribution in [0.15, 0.2) is 36.1 Å². The molecule has 112 valence electrons. The molecular formula is C13H20N2O4S. The third kappa shape index (κ3) is 4.03. The maximum Gasteiger partial charge on any atom is 0.320 e. The summed E-state index contributed by atoms with van der Waals surface area (Å²) in [7, 11) is 0. The largest absolute Gasteiger partial charge is 0.480 e. The van der Waals surface area contributed by atoms with E-state index in [1.807, 2.05) is 0 Å². The number of carboxylic acid groups (broad SMARTS) is 1. The molecule has 1 aliphatic heterocycles. The lowest BCUT2D eigenvalue weighted by Gasteiger charge is -2.36. The van der Waals surface area contributed by atoms with E-state index in [0.717, 1.165) is 5.57 Å². The Balaban J connectivity index is 2.98. The van der Waals surface area contributed by atoms with E-state index in [9.17, 15) is 13.6 Å². The van der Waals surface area contributed by atoms with Crippen molar-refractivity contribution >= 4 is 17.2 Å². The van der Waals surface area contributed by atoms with Gasteiger partial charge in [-0.3, -0.25) is 19.0 Å². The topological polar surface area (TPSA) is 89.9 Å². The second-order valence-corrected chi connectivity index (χ2v) is 5.42. The van der Waals surface area contributed by atoms with E-state index in [1.165, 1.54) is 4.31 Å². The Kier molecular flexibility index (Phi) is 6.12. The molecule has 3 atom stereocenters. The number of rotatable bonds is 5. The molecule has 1 heterocycles. The molecule has 0 saturated carbocycles. The van der Waals surface area contributed by atoms with Crippen LogP contribution in [0.3, 0.4) is 0 Å². The lowest BCUT2D eigenvalue weighted by molar-refractivity contribution is -0.139. The zero-order chi connectivity index (χ0) is 15.3. The Morgan fingerprint density at radius 1 is 1.65 bits per heavy atom. The number of nitrogens with zero attached hydrogens (tertiary/aromatic N) is 1. The van der Waals surface area contributed by atoms with Crippen molar-refractivity contribution in [2.45, 2.75) is 32.4 Å². The summed E-state index contributed by atoms with van der Waals surface area (Å²) in [4.78, 5) is 10.9. The fourth-order valence-corrected chi connectivity index (χ4v) is 2.90. The first kappa shape index (κ1) is 16.6. The van der Waals surface area contributed by atoms with Crippen LogP contribution in [0, 0.1) is 0 Å². The molecule has 2 unspecified atom stereocenters. The van der Waals surface area contributed by atoms with Crippen LogP contribution in [0.5, 0.6) is 0 Å². The number of carboxylic acids is 1. The highest BCUT2D eigenvalue weighted by molar-refractivity contribution is 7.76. The number of hydrogen-bond acceptors (Lipinski definition) is 3. The molecule has 0 spiro atoms. The van der Waals surface area contributed by atoms with Crippen molar-refractivity contribution in [2.24, 2.45) is 0 Å². The summed E-state index contributed by atoms with van der Waals surface area (Å²) in [6.45, 7) is 7.24. The number of aliphatic carboxylic acids is 1. The molecule has 0 aromatic heterocycles. The van der Waals surface area contributed by atoms with Gasteiger partial charge in [0, 0.05) is 12.6 Å². The summed E-state index contributed by atoms with van der Waals surface area (Å²) in [6.07, 6.45) is 5.73. The maximum absolute atomic E-state index is 11.4. The van der Waals surface area contributed by atoms with Gasteiger partial charge in [-0.2, -0.15) is 0 Å². The first-order valence-corrected chi connectivity index (χ1v) is 7.32. The van der Waals surface area contributed by atoms with Crippen LogP contribution < -0.4 is 5.32 Å². The van der Waals surface area contributed by atoms with Crippen molar-refractivity contribution in [1.82, 2.24) is 9.62 Å². The summed E-state index contributed by atoms with van der Waals surface area (Å²) >= 11 is -2.15. The average molecular weight is 300 g/mol. The number of carbonyl (C=O) groups is 1. The molecule has 1 rings (SSSR count). The fraction of sp³-hybridized carbons (Fsp3) is 0.462. The standard InChI is InChI=1S/C13H20N2O4S/c1-4-6-10-7-11(14-9(3)13(16)17)8-15(20(18)19)12(10)5-2/h4-6,9,11,14H,1,7-8H2,2-3H3,(H,16,17)(H,18,19)/b10-6-,12-5+/t9?,11-/m1/s1.